The van der Waals surface area contributed by atoms with Gasteiger partial charge in [-0.1, -0.05) is 104 Å². The van der Waals surface area contributed by atoms with Gasteiger partial charge in [0.15, 0.2) is 0 Å². The van der Waals surface area contributed by atoms with Crippen LogP contribution in [0.15, 0.2) is 0 Å². The van der Waals surface area contributed by atoms with E-state index in [1.54, 1.807) is 0 Å². The van der Waals surface area contributed by atoms with E-state index >= 15 is 0 Å². The van der Waals surface area contributed by atoms with Gasteiger partial charge in [-0.15, -0.1) is 0 Å². The molecule has 0 bridgehead atoms. The molecule has 0 aliphatic rings. The summed E-state index contributed by atoms with van der Waals surface area (Å²) in [4.78, 5) is 0. The number of rotatable bonds is 20. The van der Waals surface area contributed by atoms with Gasteiger partial charge in [0.2, 0.25) is 0 Å². The maximum Gasteiger partial charge on any atom is 0.116 e. The summed E-state index contributed by atoms with van der Waals surface area (Å²) >= 11 is 0. The molecule has 0 radical (unpaired) electrons. The summed E-state index contributed by atoms with van der Waals surface area (Å²) in [6.07, 6.45) is 24.1. The molecule has 0 heterocycles. The third-order valence-electron chi connectivity index (χ3n) is 7.11. The highest BCUT2D eigenvalue weighted by molar-refractivity contribution is 4.52. The quantitative estimate of drug-likeness (QED) is 0.133. The van der Waals surface area contributed by atoms with Gasteiger partial charge >= 0.3 is 0 Å². The summed E-state index contributed by atoms with van der Waals surface area (Å²) in [5, 5.41) is 19.4. The molecule has 34 heavy (non-hydrogen) atoms. The van der Waals surface area contributed by atoms with E-state index in [0.717, 1.165) is 12.8 Å². The van der Waals surface area contributed by atoms with Gasteiger partial charge in [-0.25, -0.2) is 10.4 Å². The average Bonchev–Trinajstić information content (AvgIpc) is 2.70. The number of halogens is 2. The lowest BCUT2D eigenvalue weighted by Crippen LogP contribution is -3.00. The molecule has 0 saturated carbocycles. The monoisotopic (exact) mass is 574 g/mol. The Morgan fingerprint density at radius 3 is 0.882 bits per heavy atom. The molecule has 2 N–H and O–H groups in total. The summed E-state index contributed by atoms with van der Waals surface area (Å²) in [7, 11) is 7.43. The van der Waals surface area contributed by atoms with E-state index in [0.29, 0.717) is 12.1 Å². The lowest BCUT2D eigenvalue weighted by atomic mass is 10.0. The number of hydrogen-bond acceptors (Lipinski definition) is 2. The van der Waals surface area contributed by atoms with Gasteiger partial charge in [0, 0.05) is 12.8 Å². The van der Waals surface area contributed by atoms with Crippen LogP contribution in [-0.2, 0) is 0 Å². The first-order valence-corrected chi connectivity index (χ1v) is 14.1. The Morgan fingerprint density at radius 2 is 0.676 bits per heavy atom. The summed E-state index contributed by atoms with van der Waals surface area (Å²) in [5.74, 6) is 0. The van der Waals surface area contributed by atoms with Gasteiger partial charge in [-0.2, -0.15) is 9.29 Å². The van der Waals surface area contributed by atoms with E-state index < -0.39 is 0 Å². The van der Waals surface area contributed by atoms with E-state index in [4.69, 9.17) is 0 Å². The summed E-state index contributed by atoms with van der Waals surface area (Å²) in [6.45, 7) is 8.77. The van der Waals surface area contributed by atoms with E-state index in [9.17, 15) is 10.4 Å². The fraction of sp³-hybridized carbons (Fsp3) is 1.00. The lowest BCUT2D eigenvalue weighted by Gasteiger charge is -2.27. The molecule has 0 spiro atoms. The van der Waals surface area contributed by atoms with Crippen molar-refractivity contribution in [1.82, 2.24) is 0 Å². The predicted octanol–water partition coefficient (Wildman–Crippen LogP) is 2.75. The molecular formula is C28H64BrClN2O2. The minimum atomic E-state index is 0. The first-order chi connectivity index (χ1) is 15.0. The molecule has 0 rings (SSSR count). The molecule has 0 saturated heterocycles. The Labute approximate surface area is 232 Å². The third kappa shape index (κ3) is 30.6. The van der Waals surface area contributed by atoms with Gasteiger partial charge in [0.1, 0.15) is 12.1 Å². The van der Waals surface area contributed by atoms with Crippen molar-refractivity contribution < 1.29 is 49.1 Å². The van der Waals surface area contributed by atoms with Crippen molar-refractivity contribution in [3.63, 3.8) is 0 Å². The SMILES string of the molecule is CCCCCCCCCCC(C)[N+](C)(C)O.CCCCCCCCCCC(C)[N+](C)(C)O.[Br-].[Cl-]. The Hall–Kier alpha value is 0.610. The molecule has 4 nitrogen and oxygen atoms in total. The van der Waals surface area contributed by atoms with E-state index in [1.165, 1.54) is 103 Å². The van der Waals surface area contributed by atoms with E-state index in [1.807, 2.05) is 28.2 Å². The summed E-state index contributed by atoms with van der Waals surface area (Å²) in [5.41, 5.74) is 0. The van der Waals surface area contributed by atoms with Crippen molar-refractivity contribution in [1.29, 1.82) is 0 Å². The van der Waals surface area contributed by atoms with Crippen LogP contribution < -0.4 is 29.4 Å². The second kappa shape index (κ2) is 26.7. The number of quaternary nitrogens is 2. The van der Waals surface area contributed by atoms with E-state index in [-0.39, 0.29) is 38.7 Å². The normalized spacial score (nSPS) is 13.2. The maximum absolute atomic E-state index is 9.72. The smallest absolute Gasteiger partial charge is 0.116 e. The third-order valence-corrected chi connectivity index (χ3v) is 7.11. The van der Waals surface area contributed by atoms with Gasteiger partial charge in [0.05, 0.1) is 28.2 Å². The molecule has 0 aromatic rings. The van der Waals surface area contributed by atoms with Gasteiger partial charge in [-0.3, -0.25) is 0 Å². The fourth-order valence-electron chi connectivity index (χ4n) is 3.78. The largest absolute Gasteiger partial charge is 1.00 e. The molecule has 0 aromatic heterocycles. The molecule has 2 unspecified atom stereocenters. The second-order valence-corrected chi connectivity index (χ2v) is 11.2. The van der Waals surface area contributed by atoms with Crippen LogP contribution in [-0.4, -0.2) is 60.0 Å². The standard InChI is InChI=1S/2C14H32NO.BrH.ClH/c2*1-5-6-7-8-9-10-11-12-13-14(2)15(3,4)16;;/h2*14,16H,5-13H2,1-4H3;2*1H/q2*+1;;/p-2. The zero-order valence-electron chi connectivity index (χ0n) is 24.4. The molecule has 2 atom stereocenters. The number of nitrogens with zero attached hydrogens (tertiary/aromatic N) is 2. The van der Waals surface area contributed by atoms with Crippen molar-refractivity contribution in [2.75, 3.05) is 28.2 Å². The molecule has 0 fully saturated rings. The predicted molar refractivity (Wildman–Crippen MR) is 141 cm³/mol. The van der Waals surface area contributed by atoms with Crippen LogP contribution in [0.25, 0.3) is 0 Å². The van der Waals surface area contributed by atoms with Crippen molar-refractivity contribution in [3.05, 3.63) is 0 Å². The summed E-state index contributed by atoms with van der Waals surface area (Å²) < 4.78 is 0.215. The number of unbranched alkanes of at least 4 members (excludes halogenated alkanes) is 14. The van der Waals surface area contributed by atoms with Crippen LogP contribution in [0.1, 0.15) is 143 Å². The molecule has 0 aromatic carbocycles. The highest BCUT2D eigenvalue weighted by Gasteiger charge is 2.21. The minimum Gasteiger partial charge on any atom is -1.00 e. The second-order valence-electron chi connectivity index (χ2n) is 11.2. The van der Waals surface area contributed by atoms with Crippen LogP contribution in [0.5, 0.6) is 0 Å². The van der Waals surface area contributed by atoms with Gasteiger partial charge in [-0.05, 0) is 26.7 Å². The molecule has 0 aliphatic carbocycles. The number of hydroxylamine groups is 6. The minimum absolute atomic E-state index is 0. The highest BCUT2D eigenvalue weighted by Crippen LogP contribution is 2.15. The highest BCUT2D eigenvalue weighted by atomic mass is 79.9. The van der Waals surface area contributed by atoms with Crippen molar-refractivity contribution in [2.45, 2.75) is 155 Å². The van der Waals surface area contributed by atoms with Crippen molar-refractivity contribution in [3.8, 4) is 0 Å². The van der Waals surface area contributed by atoms with Crippen molar-refractivity contribution >= 4 is 0 Å². The first kappa shape index (κ1) is 41.7. The lowest BCUT2D eigenvalue weighted by molar-refractivity contribution is -1.09. The van der Waals surface area contributed by atoms with Gasteiger partial charge in [0.25, 0.3) is 0 Å². The Balaban J connectivity index is -0.000000250. The zero-order valence-corrected chi connectivity index (χ0v) is 26.8. The maximum atomic E-state index is 9.72. The van der Waals surface area contributed by atoms with Crippen LogP contribution in [0.4, 0.5) is 0 Å². The first-order valence-electron chi connectivity index (χ1n) is 14.1. The fourth-order valence-corrected chi connectivity index (χ4v) is 3.78. The molecule has 212 valence electrons. The van der Waals surface area contributed by atoms with Crippen LogP contribution in [0, 0.1) is 0 Å². The Morgan fingerprint density at radius 1 is 0.471 bits per heavy atom. The number of hydrogen-bond donors (Lipinski definition) is 2. The average molecular weight is 576 g/mol. The topological polar surface area (TPSA) is 40.5 Å². The molecule has 0 amide bonds. The molecule has 6 heteroatoms. The van der Waals surface area contributed by atoms with Crippen LogP contribution >= 0.6 is 0 Å². The van der Waals surface area contributed by atoms with Crippen molar-refractivity contribution in [2.24, 2.45) is 0 Å². The van der Waals surface area contributed by atoms with Crippen LogP contribution in [0.3, 0.4) is 0 Å². The molecule has 0 aliphatic heterocycles. The summed E-state index contributed by atoms with van der Waals surface area (Å²) in [6, 6.07) is 0.722. The Kier molecular flexibility index (Phi) is 32.7. The van der Waals surface area contributed by atoms with Gasteiger partial charge < -0.3 is 29.4 Å². The van der Waals surface area contributed by atoms with E-state index in [2.05, 4.69) is 27.7 Å². The zero-order chi connectivity index (χ0) is 24.9. The van der Waals surface area contributed by atoms with Crippen LogP contribution in [0.2, 0.25) is 0 Å². The Bertz CT molecular complexity index is 352. The molecular weight excluding hydrogens is 512 g/mol.